The van der Waals surface area contributed by atoms with Crippen molar-refractivity contribution in [2.24, 2.45) is 5.73 Å². The van der Waals surface area contributed by atoms with Crippen molar-refractivity contribution in [3.8, 4) is 0 Å². The standard InChI is InChI=1S/C13H20N4O2/c1-9-4-5-10(6-11(9)17(2)3)16-13(19)8-15-12(18)7-14/h4-6H,7-8,14H2,1-3H3,(H,15,18)(H,16,19). The molecule has 1 rings (SSSR count). The Labute approximate surface area is 113 Å². The highest BCUT2D eigenvalue weighted by atomic mass is 16.2. The zero-order valence-electron chi connectivity index (χ0n) is 11.5. The molecule has 0 aliphatic heterocycles. The van der Waals surface area contributed by atoms with Gasteiger partial charge in [0.1, 0.15) is 0 Å². The molecule has 0 heterocycles. The minimum absolute atomic E-state index is 0.0821. The van der Waals surface area contributed by atoms with Gasteiger partial charge in [-0.15, -0.1) is 0 Å². The number of hydrogen-bond acceptors (Lipinski definition) is 4. The number of aryl methyl sites for hydroxylation is 1. The van der Waals surface area contributed by atoms with E-state index in [0.29, 0.717) is 5.69 Å². The first-order chi connectivity index (χ1) is 8.93. The lowest BCUT2D eigenvalue weighted by Crippen LogP contribution is -2.36. The average Bonchev–Trinajstić information content (AvgIpc) is 2.37. The van der Waals surface area contributed by atoms with E-state index in [-0.39, 0.29) is 24.9 Å². The highest BCUT2D eigenvalue weighted by Crippen LogP contribution is 2.22. The van der Waals surface area contributed by atoms with Gasteiger partial charge in [0.05, 0.1) is 13.1 Å². The summed E-state index contributed by atoms with van der Waals surface area (Å²) in [6.45, 7) is 1.80. The van der Waals surface area contributed by atoms with Gasteiger partial charge in [0.15, 0.2) is 0 Å². The van der Waals surface area contributed by atoms with Crippen molar-refractivity contribution in [2.75, 3.05) is 37.4 Å². The molecule has 0 saturated carbocycles. The van der Waals surface area contributed by atoms with Crippen LogP contribution in [0.1, 0.15) is 5.56 Å². The number of benzene rings is 1. The van der Waals surface area contributed by atoms with Crippen LogP contribution in [-0.4, -0.2) is 39.0 Å². The van der Waals surface area contributed by atoms with Crippen molar-refractivity contribution >= 4 is 23.2 Å². The topological polar surface area (TPSA) is 87.5 Å². The number of carbonyl (C=O) groups is 2. The van der Waals surface area contributed by atoms with Crippen molar-refractivity contribution in [2.45, 2.75) is 6.92 Å². The molecule has 0 unspecified atom stereocenters. The van der Waals surface area contributed by atoms with Gasteiger partial charge in [0.25, 0.3) is 0 Å². The molecule has 0 spiro atoms. The molecule has 0 bridgehead atoms. The van der Waals surface area contributed by atoms with E-state index in [2.05, 4.69) is 10.6 Å². The zero-order valence-corrected chi connectivity index (χ0v) is 11.5. The van der Waals surface area contributed by atoms with Gasteiger partial charge in [0.2, 0.25) is 11.8 Å². The molecule has 2 amide bonds. The van der Waals surface area contributed by atoms with E-state index in [1.54, 1.807) is 0 Å². The number of amides is 2. The van der Waals surface area contributed by atoms with Gasteiger partial charge in [-0.1, -0.05) is 6.07 Å². The molecule has 0 fully saturated rings. The zero-order chi connectivity index (χ0) is 14.4. The van der Waals surface area contributed by atoms with Crippen LogP contribution in [0, 0.1) is 6.92 Å². The smallest absolute Gasteiger partial charge is 0.243 e. The van der Waals surface area contributed by atoms with Crippen LogP contribution in [0.2, 0.25) is 0 Å². The molecule has 19 heavy (non-hydrogen) atoms. The lowest BCUT2D eigenvalue weighted by atomic mass is 10.1. The molecule has 6 heteroatoms. The van der Waals surface area contributed by atoms with Crippen LogP contribution in [0.3, 0.4) is 0 Å². The van der Waals surface area contributed by atoms with E-state index in [0.717, 1.165) is 11.3 Å². The highest BCUT2D eigenvalue weighted by molar-refractivity contribution is 5.95. The minimum Gasteiger partial charge on any atom is -0.377 e. The van der Waals surface area contributed by atoms with Crippen molar-refractivity contribution in [1.29, 1.82) is 0 Å². The summed E-state index contributed by atoms with van der Waals surface area (Å²) in [4.78, 5) is 24.5. The predicted molar refractivity (Wildman–Crippen MR) is 76.2 cm³/mol. The maximum atomic E-state index is 11.6. The Bertz CT molecular complexity index is 472. The van der Waals surface area contributed by atoms with Crippen LogP contribution in [0.5, 0.6) is 0 Å². The molecule has 1 aromatic carbocycles. The first-order valence-electron chi connectivity index (χ1n) is 5.98. The van der Waals surface area contributed by atoms with Crippen LogP contribution < -0.4 is 21.3 Å². The lowest BCUT2D eigenvalue weighted by molar-refractivity contribution is -0.123. The monoisotopic (exact) mass is 264 g/mol. The molecule has 0 atom stereocenters. The van der Waals surface area contributed by atoms with Gasteiger partial charge < -0.3 is 21.3 Å². The Kier molecular flexibility index (Phi) is 5.32. The second-order valence-electron chi connectivity index (χ2n) is 4.42. The van der Waals surface area contributed by atoms with Crippen LogP contribution in [0.25, 0.3) is 0 Å². The molecule has 6 nitrogen and oxygen atoms in total. The highest BCUT2D eigenvalue weighted by Gasteiger charge is 2.07. The van der Waals surface area contributed by atoms with Crippen LogP contribution >= 0.6 is 0 Å². The number of nitrogens with one attached hydrogen (secondary N) is 2. The van der Waals surface area contributed by atoms with E-state index in [1.165, 1.54) is 0 Å². The van der Waals surface area contributed by atoms with Crippen LogP contribution in [0.15, 0.2) is 18.2 Å². The Morgan fingerprint density at radius 3 is 2.53 bits per heavy atom. The fourth-order valence-corrected chi connectivity index (χ4v) is 1.63. The molecule has 0 radical (unpaired) electrons. The molecule has 1 aromatic rings. The number of hydrogen-bond donors (Lipinski definition) is 3. The first kappa shape index (κ1) is 15.0. The number of nitrogens with zero attached hydrogens (tertiary/aromatic N) is 1. The van der Waals surface area contributed by atoms with Gasteiger partial charge in [-0.25, -0.2) is 0 Å². The quantitative estimate of drug-likeness (QED) is 0.702. The maximum Gasteiger partial charge on any atom is 0.243 e. The van der Waals surface area contributed by atoms with Crippen molar-refractivity contribution in [1.82, 2.24) is 5.32 Å². The summed E-state index contributed by atoms with van der Waals surface area (Å²) in [7, 11) is 3.88. The molecular weight excluding hydrogens is 244 g/mol. The SMILES string of the molecule is Cc1ccc(NC(=O)CNC(=O)CN)cc1N(C)C. The third-order valence-electron chi connectivity index (χ3n) is 2.61. The number of carbonyl (C=O) groups excluding carboxylic acids is 2. The normalized spacial score (nSPS) is 9.89. The molecule has 0 aromatic heterocycles. The summed E-state index contributed by atoms with van der Waals surface area (Å²) in [5, 5.41) is 5.14. The van der Waals surface area contributed by atoms with Gasteiger partial charge in [0, 0.05) is 25.5 Å². The molecule has 0 aliphatic carbocycles. The van der Waals surface area contributed by atoms with Gasteiger partial charge in [-0.05, 0) is 24.6 Å². The lowest BCUT2D eigenvalue weighted by Gasteiger charge is -2.17. The summed E-state index contributed by atoms with van der Waals surface area (Å²) < 4.78 is 0. The van der Waals surface area contributed by atoms with Crippen LogP contribution in [-0.2, 0) is 9.59 Å². The minimum atomic E-state index is -0.354. The Hall–Kier alpha value is -2.08. The fourth-order valence-electron chi connectivity index (χ4n) is 1.63. The third-order valence-corrected chi connectivity index (χ3v) is 2.61. The largest absolute Gasteiger partial charge is 0.377 e. The number of nitrogens with two attached hydrogens (primary N) is 1. The fraction of sp³-hybridized carbons (Fsp3) is 0.385. The van der Waals surface area contributed by atoms with E-state index in [4.69, 9.17) is 5.73 Å². The molecule has 0 saturated heterocycles. The second kappa shape index (κ2) is 6.75. The average molecular weight is 264 g/mol. The summed E-state index contributed by atoms with van der Waals surface area (Å²) in [5.74, 6) is -0.636. The summed E-state index contributed by atoms with van der Waals surface area (Å²) in [6, 6.07) is 5.65. The van der Waals surface area contributed by atoms with Gasteiger partial charge in [-0.3, -0.25) is 9.59 Å². The third kappa shape index (κ3) is 4.59. The van der Waals surface area contributed by atoms with E-state index in [9.17, 15) is 9.59 Å². The van der Waals surface area contributed by atoms with Crippen molar-refractivity contribution < 1.29 is 9.59 Å². The maximum absolute atomic E-state index is 11.6. The van der Waals surface area contributed by atoms with E-state index >= 15 is 0 Å². The second-order valence-corrected chi connectivity index (χ2v) is 4.42. The molecule has 0 aliphatic rings. The first-order valence-corrected chi connectivity index (χ1v) is 5.98. The van der Waals surface area contributed by atoms with Crippen LogP contribution in [0.4, 0.5) is 11.4 Å². The predicted octanol–water partition coefficient (Wildman–Crippen LogP) is 0.0744. The number of rotatable bonds is 5. The number of anilines is 2. The summed E-state index contributed by atoms with van der Waals surface area (Å²) >= 11 is 0. The van der Waals surface area contributed by atoms with Gasteiger partial charge >= 0.3 is 0 Å². The van der Waals surface area contributed by atoms with Gasteiger partial charge in [-0.2, -0.15) is 0 Å². The van der Waals surface area contributed by atoms with Crippen molar-refractivity contribution in [3.63, 3.8) is 0 Å². The van der Waals surface area contributed by atoms with Crippen molar-refractivity contribution in [3.05, 3.63) is 23.8 Å². The molecular formula is C13H20N4O2. The Morgan fingerprint density at radius 1 is 1.26 bits per heavy atom. The summed E-state index contributed by atoms with van der Waals surface area (Å²) in [5.41, 5.74) is 7.98. The summed E-state index contributed by atoms with van der Waals surface area (Å²) in [6.07, 6.45) is 0. The Morgan fingerprint density at radius 2 is 1.95 bits per heavy atom. The molecule has 4 N–H and O–H groups in total. The van der Waals surface area contributed by atoms with E-state index < -0.39 is 0 Å². The Balaban J connectivity index is 2.64. The van der Waals surface area contributed by atoms with E-state index in [1.807, 2.05) is 44.1 Å². The molecule has 104 valence electrons.